The molecule has 0 amide bonds. The maximum Gasteiger partial charge on any atom is 0.311 e. The van der Waals surface area contributed by atoms with Crippen LogP contribution in [0.1, 0.15) is 72.6 Å². The summed E-state index contributed by atoms with van der Waals surface area (Å²) in [6, 6.07) is 0. The lowest BCUT2D eigenvalue weighted by Gasteiger charge is -2.24. The van der Waals surface area contributed by atoms with E-state index in [0.29, 0.717) is 25.7 Å². The standard InChI is InChI=1S/C21H34O7/c1-5-15(11-17-7-8-18(27-17)13(3)20(23)24)28-21(25)14(4)19-9-6-16(26-19)10-12(2)22/h13-19H,5-11H2,1-4H3,(H,23,24)/t13-,14+,15+,16-,17-,18+,19-/m0/s1. The maximum atomic E-state index is 12.6. The second-order valence-electron chi connectivity index (χ2n) is 8.27. The van der Waals surface area contributed by atoms with Crippen molar-refractivity contribution in [2.75, 3.05) is 0 Å². The number of hydrogen-bond donors (Lipinski definition) is 1. The number of esters is 1. The normalized spacial score (nSPS) is 30.6. The van der Waals surface area contributed by atoms with E-state index in [-0.39, 0.29) is 48.2 Å². The van der Waals surface area contributed by atoms with Crippen molar-refractivity contribution in [1.29, 1.82) is 0 Å². The predicted molar refractivity (Wildman–Crippen MR) is 102 cm³/mol. The monoisotopic (exact) mass is 398 g/mol. The first-order valence-electron chi connectivity index (χ1n) is 10.4. The van der Waals surface area contributed by atoms with Crippen LogP contribution in [0.2, 0.25) is 0 Å². The van der Waals surface area contributed by atoms with Crippen LogP contribution >= 0.6 is 0 Å². The van der Waals surface area contributed by atoms with Gasteiger partial charge in [-0.15, -0.1) is 0 Å². The molecule has 0 spiro atoms. The summed E-state index contributed by atoms with van der Waals surface area (Å²) in [5, 5.41) is 9.13. The Bertz CT molecular complexity index is 561. The van der Waals surface area contributed by atoms with E-state index >= 15 is 0 Å². The summed E-state index contributed by atoms with van der Waals surface area (Å²) in [5.74, 6) is -1.95. The van der Waals surface area contributed by atoms with Gasteiger partial charge in [0.25, 0.3) is 0 Å². The van der Waals surface area contributed by atoms with E-state index in [2.05, 4.69) is 0 Å². The van der Waals surface area contributed by atoms with Gasteiger partial charge in [-0.25, -0.2) is 0 Å². The Hall–Kier alpha value is -1.47. The van der Waals surface area contributed by atoms with Gasteiger partial charge in [-0.05, 0) is 52.9 Å². The molecule has 7 atom stereocenters. The van der Waals surface area contributed by atoms with Crippen LogP contribution in [-0.2, 0) is 28.6 Å². The maximum absolute atomic E-state index is 12.6. The topological polar surface area (TPSA) is 99.1 Å². The number of ether oxygens (including phenoxy) is 3. The SMILES string of the molecule is CC[C@H](C[C@@H]1CC[C@H]([C@H](C)C(=O)O)O1)OC(=O)[C@H](C)[C@@H]1CC[C@@H](CC(C)=O)O1. The lowest BCUT2D eigenvalue weighted by molar-refractivity contribution is -0.160. The molecule has 2 fully saturated rings. The number of aliphatic carboxylic acids is 1. The van der Waals surface area contributed by atoms with E-state index in [1.165, 1.54) is 0 Å². The van der Waals surface area contributed by atoms with Crippen molar-refractivity contribution in [3.63, 3.8) is 0 Å². The largest absolute Gasteiger partial charge is 0.481 e. The van der Waals surface area contributed by atoms with Crippen LogP contribution < -0.4 is 0 Å². The molecule has 0 aromatic carbocycles. The zero-order valence-electron chi connectivity index (χ0n) is 17.4. The van der Waals surface area contributed by atoms with Gasteiger partial charge < -0.3 is 19.3 Å². The summed E-state index contributed by atoms with van der Waals surface area (Å²) < 4.78 is 17.5. The Morgan fingerprint density at radius 1 is 1.00 bits per heavy atom. The van der Waals surface area contributed by atoms with E-state index in [1.807, 2.05) is 13.8 Å². The molecular weight excluding hydrogens is 364 g/mol. The Morgan fingerprint density at radius 2 is 1.57 bits per heavy atom. The zero-order valence-corrected chi connectivity index (χ0v) is 17.4. The van der Waals surface area contributed by atoms with Gasteiger partial charge >= 0.3 is 11.9 Å². The Balaban J connectivity index is 1.80. The lowest BCUT2D eigenvalue weighted by atomic mass is 10.0. The van der Waals surface area contributed by atoms with Crippen LogP contribution in [0.3, 0.4) is 0 Å². The molecule has 28 heavy (non-hydrogen) atoms. The number of hydrogen-bond acceptors (Lipinski definition) is 6. The number of carbonyl (C=O) groups is 3. The summed E-state index contributed by atoms with van der Waals surface area (Å²) in [7, 11) is 0. The average molecular weight is 398 g/mol. The summed E-state index contributed by atoms with van der Waals surface area (Å²) >= 11 is 0. The summed E-state index contributed by atoms with van der Waals surface area (Å²) in [4.78, 5) is 34.9. The molecule has 0 bridgehead atoms. The van der Waals surface area contributed by atoms with Crippen molar-refractivity contribution < 1.29 is 33.7 Å². The van der Waals surface area contributed by atoms with E-state index in [4.69, 9.17) is 19.3 Å². The van der Waals surface area contributed by atoms with Gasteiger partial charge in [0.2, 0.25) is 0 Å². The summed E-state index contributed by atoms with van der Waals surface area (Å²) in [6.45, 7) is 6.98. The number of Topliss-reactive ketones (excluding diaryl/α,β-unsaturated/α-hetero) is 1. The number of carboxylic acid groups (broad SMARTS) is 1. The number of rotatable bonds is 10. The van der Waals surface area contributed by atoms with Crippen LogP contribution in [-0.4, -0.2) is 53.3 Å². The smallest absolute Gasteiger partial charge is 0.311 e. The van der Waals surface area contributed by atoms with E-state index in [9.17, 15) is 14.4 Å². The molecule has 0 radical (unpaired) electrons. The van der Waals surface area contributed by atoms with Gasteiger partial charge in [0.1, 0.15) is 11.9 Å². The molecule has 0 saturated carbocycles. The van der Waals surface area contributed by atoms with Gasteiger partial charge in [-0.1, -0.05) is 6.92 Å². The first-order chi connectivity index (χ1) is 13.2. The van der Waals surface area contributed by atoms with E-state index in [1.54, 1.807) is 13.8 Å². The average Bonchev–Trinajstić information content (AvgIpc) is 3.28. The molecule has 2 rings (SSSR count). The fourth-order valence-electron chi connectivity index (χ4n) is 4.02. The van der Waals surface area contributed by atoms with Crippen LogP contribution in [0.25, 0.3) is 0 Å². The Morgan fingerprint density at radius 3 is 2.14 bits per heavy atom. The number of ketones is 1. The van der Waals surface area contributed by atoms with Crippen LogP contribution in [0.4, 0.5) is 0 Å². The second-order valence-corrected chi connectivity index (χ2v) is 8.27. The third kappa shape index (κ3) is 6.27. The van der Waals surface area contributed by atoms with Crippen LogP contribution in [0.5, 0.6) is 0 Å². The minimum Gasteiger partial charge on any atom is -0.481 e. The molecule has 0 unspecified atom stereocenters. The number of carbonyl (C=O) groups excluding carboxylic acids is 2. The molecule has 160 valence electrons. The van der Waals surface area contributed by atoms with Gasteiger partial charge in [-0.2, -0.15) is 0 Å². The van der Waals surface area contributed by atoms with Crippen LogP contribution in [0.15, 0.2) is 0 Å². The highest BCUT2D eigenvalue weighted by atomic mass is 16.6. The van der Waals surface area contributed by atoms with Crippen molar-refractivity contribution in [2.24, 2.45) is 11.8 Å². The van der Waals surface area contributed by atoms with Gasteiger partial charge in [0.15, 0.2) is 0 Å². The van der Waals surface area contributed by atoms with Crippen molar-refractivity contribution in [3.05, 3.63) is 0 Å². The second kappa shape index (κ2) is 10.3. The fourth-order valence-corrected chi connectivity index (χ4v) is 4.02. The van der Waals surface area contributed by atoms with Crippen molar-refractivity contribution in [1.82, 2.24) is 0 Å². The minimum atomic E-state index is -0.849. The van der Waals surface area contributed by atoms with E-state index in [0.717, 1.165) is 19.3 Å². The third-order valence-corrected chi connectivity index (χ3v) is 5.94. The van der Waals surface area contributed by atoms with Crippen LogP contribution in [0, 0.1) is 11.8 Å². The summed E-state index contributed by atoms with van der Waals surface area (Å²) in [6.07, 6.45) is 3.77. The highest BCUT2D eigenvalue weighted by Gasteiger charge is 2.37. The highest BCUT2D eigenvalue weighted by molar-refractivity contribution is 5.76. The molecule has 0 aliphatic carbocycles. The summed E-state index contributed by atoms with van der Waals surface area (Å²) in [5.41, 5.74) is 0. The van der Waals surface area contributed by atoms with Crippen molar-refractivity contribution in [2.45, 2.75) is 103 Å². The molecule has 7 nitrogen and oxygen atoms in total. The fraction of sp³-hybridized carbons (Fsp3) is 0.857. The molecule has 7 heteroatoms. The number of carboxylic acids is 1. The lowest BCUT2D eigenvalue weighted by Crippen LogP contribution is -2.32. The molecular formula is C21H34O7. The highest BCUT2D eigenvalue weighted by Crippen LogP contribution is 2.31. The molecule has 0 aromatic heterocycles. The molecule has 2 saturated heterocycles. The quantitative estimate of drug-likeness (QED) is 0.564. The Kier molecular flexibility index (Phi) is 8.43. The zero-order chi connectivity index (χ0) is 20.8. The molecule has 2 aliphatic rings. The molecule has 0 aromatic rings. The van der Waals surface area contributed by atoms with Gasteiger partial charge in [0.05, 0.1) is 36.3 Å². The first-order valence-corrected chi connectivity index (χ1v) is 10.4. The van der Waals surface area contributed by atoms with E-state index < -0.39 is 11.9 Å². The van der Waals surface area contributed by atoms with Gasteiger partial charge in [-0.3, -0.25) is 14.4 Å². The predicted octanol–water partition coefficient (Wildman–Crippen LogP) is 3.13. The van der Waals surface area contributed by atoms with Gasteiger partial charge in [0, 0.05) is 12.8 Å². The van der Waals surface area contributed by atoms with Crippen molar-refractivity contribution in [3.8, 4) is 0 Å². The molecule has 2 heterocycles. The Labute approximate surface area is 167 Å². The van der Waals surface area contributed by atoms with Crippen molar-refractivity contribution >= 4 is 17.7 Å². The third-order valence-electron chi connectivity index (χ3n) is 5.94. The molecule has 1 N–H and O–H groups in total. The first kappa shape index (κ1) is 22.8. The molecule has 2 aliphatic heterocycles. The minimum absolute atomic E-state index is 0.0810.